The van der Waals surface area contributed by atoms with Gasteiger partial charge in [0.2, 0.25) is 10.0 Å². The number of hydrogen-bond donors (Lipinski definition) is 3. The molecule has 9 heteroatoms. The van der Waals surface area contributed by atoms with Crippen LogP contribution in [0.25, 0.3) is 0 Å². The Kier molecular flexibility index (Phi) is 3.91. The third-order valence-electron chi connectivity index (χ3n) is 3.77. The number of nitrogens with one attached hydrogen (secondary N) is 2. The lowest BCUT2D eigenvalue weighted by Gasteiger charge is -2.38. The van der Waals surface area contributed by atoms with Gasteiger partial charge in [0.1, 0.15) is 5.69 Å². The standard InChI is InChI=1S/C12H18N4O4S/c1-8-6-9(14-13)10(16(17)18)7-11(8)21(19,20)15-12(2)4-3-5-12/h6-7,14-15H,3-5,13H2,1-2H3. The van der Waals surface area contributed by atoms with Crippen molar-refractivity contribution in [2.45, 2.75) is 43.5 Å². The molecule has 0 spiro atoms. The summed E-state index contributed by atoms with van der Waals surface area (Å²) in [7, 11) is -3.81. The van der Waals surface area contributed by atoms with Crippen LogP contribution >= 0.6 is 0 Å². The predicted molar refractivity (Wildman–Crippen MR) is 78.2 cm³/mol. The van der Waals surface area contributed by atoms with Crippen LogP contribution in [0.3, 0.4) is 0 Å². The molecule has 0 saturated heterocycles. The van der Waals surface area contributed by atoms with Crippen molar-refractivity contribution >= 4 is 21.4 Å². The monoisotopic (exact) mass is 314 g/mol. The number of nitro benzene ring substituents is 1. The van der Waals surface area contributed by atoms with Crippen LogP contribution in [-0.4, -0.2) is 18.9 Å². The van der Waals surface area contributed by atoms with E-state index < -0.39 is 20.5 Å². The van der Waals surface area contributed by atoms with E-state index in [9.17, 15) is 18.5 Å². The van der Waals surface area contributed by atoms with Gasteiger partial charge in [0, 0.05) is 11.6 Å². The summed E-state index contributed by atoms with van der Waals surface area (Å²) < 4.78 is 27.5. The summed E-state index contributed by atoms with van der Waals surface area (Å²) in [6, 6.07) is 2.39. The Hall–Kier alpha value is -1.71. The zero-order valence-electron chi connectivity index (χ0n) is 11.8. The molecule has 116 valence electrons. The average Bonchev–Trinajstić information content (AvgIpc) is 2.35. The molecule has 8 nitrogen and oxygen atoms in total. The molecule has 4 N–H and O–H groups in total. The van der Waals surface area contributed by atoms with Crippen molar-refractivity contribution in [2.24, 2.45) is 5.84 Å². The first-order chi connectivity index (χ1) is 9.68. The molecule has 0 aliphatic heterocycles. The fourth-order valence-corrected chi connectivity index (χ4v) is 4.13. The van der Waals surface area contributed by atoms with Crippen molar-refractivity contribution in [2.75, 3.05) is 5.43 Å². The molecule has 0 atom stereocenters. The first-order valence-electron chi connectivity index (χ1n) is 6.48. The highest BCUT2D eigenvalue weighted by molar-refractivity contribution is 7.89. The van der Waals surface area contributed by atoms with Gasteiger partial charge >= 0.3 is 0 Å². The van der Waals surface area contributed by atoms with Crippen molar-refractivity contribution in [3.05, 3.63) is 27.8 Å². The fourth-order valence-electron chi connectivity index (χ4n) is 2.42. The Morgan fingerprint density at radius 3 is 2.43 bits per heavy atom. The molecule has 0 amide bonds. The molecular weight excluding hydrogens is 296 g/mol. The number of nitrogens with zero attached hydrogens (tertiary/aromatic N) is 1. The molecule has 0 bridgehead atoms. The highest BCUT2D eigenvalue weighted by Gasteiger charge is 2.37. The van der Waals surface area contributed by atoms with E-state index in [-0.39, 0.29) is 16.3 Å². The number of benzene rings is 1. The molecule has 21 heavy (non-hydrogen) atoms. The summed E-state index contributed by atoms with van der Waals surface area (Å²) in [5.41, 5.74) is 1.84. The van der Waals surface area contributed by atoms with Gasteiger partial charge in [-0.25, -0.2) is 13.1 Å². The number of nitrogens with two attached hydrogens (primary N) is 1. The Morgan fingerprint density at radius 1 is 1.38 bits per heavy atom. The number of rotatable bonds is 5. The maximum atomic E-state index is 12.5. The van der Waals surface area contributed by atoms with Crippen molar-refractivity contribution in [1.29, 1.82) is 0 Å². The number of sulfonamides is 1. The van der Waals surface area contributed by atoms with Crippen molar-refractivity contribution in [1.82, 2.24) is 4.72 Å². The fraction of sp³-hybridized carbons (Fsp3) is 0.500. The van der Waals surface area contributed by atoms with Gasteiger partial charge in [0.15, 0.2) is 0 Å². The number of hydrogen-bond acceptors (Lipinski definition) is 6. The number of aryl methyl sites for hydroxylation is 1. The smallest absolute Gasteiger partial charge is 0.295 e. The second kappa shape index (κ2) is 5.24. The Balaban J connectivity index is 2.47. The van der Waals surface area contributed by atoms with E-state index in [1.807, 2.05) is 6.92 Å². The maximum absolute atomic E-state index is 12.5. The lowest BCUT2D eigenvalue weighted by atomic mass is 9.80. The van der Waals surface area contributed by atoms with Crippen LogP contribution < -0.4 is 16.0 Å². The summed E-state index contributed by atoms with van der Waals surface area (Å²) in [6.45, 7) is 3.40. The molecule has 2 rings (SSSR count). The van der Waals surface area contributed by atoms with E-state index in [0.29, 0.717) is 5.56 Å². The van der Waals surface area contributed by atoms with E-state index in [2.05, 4.69) is 10.1 Å². The Labute approximate surface area is 122 Å². The summed E-state index contributed by atoms with van der Waals surface area (Å²) in [6.07, 6.45) is 2.49. The quantitative estimate of drug-likeness (QED) is 0.428. The molecule has 0 aromatic heterocycles. The van der Waals surface area contributed by atoms with Crippen LogP contribution in [0.4, 0.5) is 11.4 Å². The van der Waals surface area contributed by atoms with Gasteiger partial charge in [-0.1, -0.05) is 0 Å². The minimum Gasteiger partial charge on any atom is -0.318 e. The van der Waals surface area contributed by atoms with Gasteiger partial charge < -0.3 is 5.43 Å². The summed E-state index contributed by atoms with van der Waals surface area (Å²) in [5.74, 6) is 5.23. The molecule has 1 aromatic rings. The van der Waals surface area contributed by atoms with Crippen LogP contribution in [0, 0.1) is 17.0 Å². The van der Waals surface area contributed by atoms with Gasteiger partial charge in [-0.2, -0.15) is 0 Å². The van der Waals surface area contributed by atoms with Crippen LogP contribution in [-0.2, 0) is 10.0 Å². The van der Waals surface area contributed by atoms with Gasteiger partial charge in [0.25, 0.3) is 5.69 Å². The molecule has 0 unspecified atom stereocenters. The zero-order chi connectivity index (χ0) is 15.8. The molecule has 1 saturated carbocycles. The van der Waals surface area contributed by atoms with Crippen LogP contribution in [0.1, 0.15) is 31.7 Å². The van der Waals surface area contributed by atoms with Crippen molar-refractivity contribution in [3.8, 4) is 0 Å². The van der Waals surface area contributed by atoms with Gasteiger partial charge in [0.05, 0.1) is 9.82 Å². The number of nitro groups is 1. The first kappa shape index (κ1) is 15.7. The summed E-state index contributed by atoms with van der Waals surface area (Å²) >= 11 is 0. The normalized spacial score (nSPS) is 17.1. The number of hydrazine groups is 1. The molecule has 1 aliphatic rings. The zero-order valence-corrected chi connectivity index (χ0v) is 12.7. The molecular formula is C12H18N4O4S. The van der Waals surface area contributed by atoms with Crippen LogP contribution in [0.2, 0.25) is 0 Å². The highest BCUT2D eigenvalue weighted by Crippen LogP contribution is 2.35. The average molecular weight is 314 g/mol. The number of anilines is 1. The highest BCUT2D eigenvalue weighted by atomic mass is 32.2. The Bertz CT molecular complexity index is 683. The second-order valence-corrected chi connectivity index (χ2v) is 7.21. The van der Waals surface area contributed by atoms with Gasteiger partial charge in [-0.05, 0) is 44.7 Å². The minimum absolute atomic E-state index is 0.0753. The molecule has 1 aromatic carbocycles. The largest absolute Gasteiger partial charge is 0.318 e. The summed E-state index contributed by atoms with van der Waals surface area (Å²) in [5, 5.41) is 11.0. The third-order valence-corrected chi connectivity index (χ3v) is 5.55. The molecule has 1 aliphatic carbocycles. The van der Waals surface area contributed by atoms with E-state index in [0.717, 1.165) is 25.3 Å². The number of nitrogen functional groups attached to an aromatic ring is 1. The van der Waals surface area contributed by atoms with Gasteiger partial charge in [-0.15, -0.1) is 0 Å². The van der Waals surface area contributed by atoms with Gasteiger partial charge in [-0.3, -0.25) is 16.0 Å². The minimum atomic E-state index is -3.81. The second-order valence-electron chi connectivity index (χ2n) is 5.56. The SMILES string of the molecule is Cc1cc(NN)c([N+](=O)[O-])cc1S(=O)(=O)NC1(C)CCC1. The molecule has 0 heterocycles. The maximum Gasteiger partial charge on any atom is 0.295 e. The van der Waals surface area contributed by atoms with Crippen LogP contribution in [0.5, 0.6) is 0 Å². The van der Waals surface area contributed by atoms with Crippen molar-refractivity contribution < 1.29 is 13.3 Å². The first-order valence-corrected chi connectivity index (χ1v) is 7.96. The lowest BCUT2D eigenvalue weighted by molar-refractivity contribution is -0.384. The van der Waals surface area contributed by atoms with E-state index >= 15 is 0 Å². The van der Waals surface area contributed by atoms with Crippen molar-refractivity contribution in [3.63, 3.8) is 0 Å². The molecule has 0 radical (unpaired) electrons. The Morgan fingerprint density at radius 2 is 2.00 bits per heavy atom. The van der Waals surface area contributed by atoms with E-state index in [4.69, 9.17) is 5.84 Å². The topological polar surface area (TPSA) is 127 Å². The van der Waals surface area contributed by atoms with E-state index in [1.54, 1.807) is 6.92 Å². The van der Waals surface area contributed by atoms with E-state index in [1.165, 1.54) is 6.07 Å². The predicted octanol–water partition coefficient (Wildman–Crippen LogP) is 1.41. The lowest BCUT2D eigenvalue weighted by Crippen LogP contribution is -2.50. The molecule has 1 fully saturated rings. The van der Waals surface area contributed by atoms with Crippen LogP contribution in [0.15, 0.2) is 17.0 Å². The summed E-state index contributed by atoms with van der Waals surface area (Å²) in [4.78, 5) is 10.3. The third kappa shape index (κ3) is 2.99.